The van der Waals surface area contributed by atoms with Crippen LogP contribution in [0.15, 0.2) is 18.2 Å². The molecule has 17 heavy (non-hydrogen) atoms. The van der Waals surface area contributed by atoms with Crippen LogP contribution >= 0.6 is 0 Å². The van der Waals surface area contributed by atoms with E-state index in [-0.39, 0.29) is 22.6 Å². The van der Waals surface area contributed by atoms with E-state index in [0.29, 0.717) is 6.54 Å². The van der Waals surface area contributed by atoms with Crippen LogP contribution in [0.4, 0.5) is 10.1 Å². The summed E-state index contributed by atoms with van der Waals surface area (Å²) >= 11 is 0. The molecular formula is C13H19FN2O. The van der Waals surface area contributed by atoms with Crippen LogP contribution in [-0.4, -0.2) is 12.5 Å². The molecule has 0 aliphatic rings. The highest BCUT2D eigenvalue weighted by molar-refractivity contribution is 5.95. The second kappa shape index (κ2) is 5.17. The van der Waals surface area contributed by atoms with Gasteiger partial charge in [-0.1, -0.05) is 20.8 Å². The normalized spacial score (nSPS) is 11.3. The van der Waals surface area contributed by atoms with Crippen molar-refractivity contribution in [1.29, 1.82) is 0 Å². The number of rotatable bonds is 4. The third-order valence-corrected chi connectivity index (χ3v) is 2.87. The van der Waals surface area contributed by atoms with Gasteiger partial charge in [0.05, 0.1) is 0 Å². The Morgan fingerprint density at radius 2 is 2.06 bits per heavy atom. The molecule has 0 heterocycles. The first-order valence-corrected chi connectivity index (χ1v) is 5.68. The SMILES string of the molecule is CCC(C)(C)CNC(=O)c1cc(N)cc(F)c1. The van der Waals surface area contributed by atoms with Gasteiger partial charge in [0.1, 0.15) is 5.82 Å². The highest BCUT2D eigenvalue weighted by Gasteiger charge is 2.17. The lowest BCUT2D eigenvalue weighted by Crippen LogP contribution is -2.33. The van der Waals surface area contributed by atoms with Gasteiger partial charge in [0.2, 0.25) is 0 Å². The van der Waals surface area contributed by atoms with Gasteiger partial charge in [-0.3, -0.25) is 4.79 Å². The number of nitrogen functional groups attached to an aromatic ring is 1. The maximum atomic E-state index is 13.1. The average molecular weight is 238 g/mol. The van der Waals surface area contributed by atoms with E-state index in [1.165, 1.54) is 18.2 Å². The zero-order valence-electron chi connectivity index (χ0n) is 10.5. The number of hydrogen-bond donors (Lipinski definition) is 2. The maximum absolute atomic E-state index is 13.1. The molecule has 94 valence electrons. The molecule has 0 bridgehead atoms. The molecule has 0 spiro atoms. The standard InChI is InChI=1S/C13H19FN2O/c1-4-13(2,3)8-16-12(17)9-5-10(14)7-11(15)6-9/h5-7H,4,8,15H2,1-3H3,(H,16,17). The van der Waals surface area contributed by atoms with E-state index in [2.05, 4.69) is 26.1 Å². The molecule has 3 N–H and O–H groups in total. The molecule has 4 heteroatoms. The summed E-state index contributed by atoms with van der Waals surface area (Å²) in [5.74, 6) is -0.789. The van der Waals surface area contributed by atoms with Crippen molar-refractivity contribution in [2.24, 2.45) is 5.41 Å². The van der Waals surface area contributed by atoms with Gasteiger partial charge in [-0.2, -0.15) is 0 Å². The first-order chi connectivity index (χ1) is 7.84. The van der Waals surface area contributed by atoms with E-state index in [1.54, 1.807) is 0 Å². The molecule has 0 aromatic heterocycles. The number of nitrogens with two attached hydrogens (primary N) is 1. The second-order valence-corrected chi connectivity index (χ2v) is 4.97. The van der Waals surface area contributed by atoms with Crippen molar-refractivity contribution >= 4 is 11.6 Å². The van der Waals surface area contributed by atoms with Crippen LogP contribution in [0.3, 0.4) is 0 Å². The molecule has 1 amide bonds. The topological polar surface area (TPSA) is 55.1 Å². The summed E-state index contributed by atoms with van der Waals surface area (Å²) in [5.41, 5.74) is 6.03. The highest BCUT2D eigenvalue weighted by Crippen LogP contribution is 2.18. The van der Waals surface area contributed by atoms with Gasteiger partial charge >= 0.3 is 0 Å². The van der Waals surface area contributed by atoms with Gasteiger partial charge in [-0.25, -0.2) is 4.39 Å². The second-order valence-electron chi connectivity index (χ2n) is 4.97. The Morgan fingerprint density at radius 3 is 2.59 bits per heavy atom. The highest BCUT2D eigenvalue weighted by atomic mass is 19.1. The van der Waals surface area contributed by atoms with Gasteiger partial charge in [-0.05, 0) is 30.0 Å². The number of carbonyl (C=O) groups is 1. The third kappa shape index (κ3) is 4.06. The van der Waals surface area contributed by atoms with Crippen LogP contribution in [-0.2, 0) is 0 Å². The summed E-state index contributed by atoms with van der Waals surface area (Å²) < 4.78 is 13.1. The zero-order valence-corrected chi connectivity index (χ0v) is 10.5. The molecule has 1 aromatic rings. The lowest BCUT2D eigenvalue weighted by molar-refractivity contribution is 0.0935. The summed E-state index contributed by atoms with van der Waals surface area (Å²) in [4.78, 5) is 11.8. The molecule has 0 aliphatic heterocycles. The molecule has 0 atom stereocenters. The molecule has 1 aromatic carbocycles. The molecule has 1 rings (SSSR count). The molecular weight excluding hydrogens is 219 g/mol. The van der Waals surface area contributed by atoms with E-state index in [0.717, 1.165) is 6.42 Å². The first-order valence-electron chi connectivity index (χ1n) is 5.68. The quantitative estimate of drug-likeness (QED) is 0.792. The fraction of sp³-hybridized carbons (Fsp3) is 0.462. The number of benzene rings is 1. The Kier molecular flexibility index (Phi) is 4.10. The third-order valence-electron chi connectivity index (χ3n) is 2.87. The Bertz CT molecular complexity index is 396. The molecule has 0 saturated heterocycles. The Balaban J connectivity index is 2.70. The van der Waals surface area contributed by atoms with Crippen molar-refractivity contribution in [3.8, 4) is 0 Å². The fourth-order valence-corrected chi connectivity index (χ4v) is 1.29. The van der Waals surface area contributed by atoms with Gasteiger partial charge in [-0.15, -0.1) is 0 Å². The monoisotopic (exact) mass is 238 g/mol. The molecule has 0 aliphatic carbocycles. The van der Waals surface area contributed by atoms with Crippen molar-refractivity contribution < 1.29 is 9.18 Å². The number of carbonyl (C=O) groups excluding carboxylic acids is 1. The Labute approximate surface area is 101 Å². The maximum Gasteiger partial charge on any atom is 0.251 e. The van der Waals surface area contributed by atoms with E-state index in [4.69, 9.17) is 5.73 Å². The van der Waals surface area contributed by atoms with E-state index in [9.17, 15) is 9.18 Å². The van der Waals surface area contributed by atoms with Gasteiger partial charge < -0.3 is 11.1 Å². The van der Waals surface area contributed by atoms with Crippen LogP contribution in [0.2, 0.25) is 0 Å². The fourth-order valence-electron chi connectivity index (χ4n) is 1.29. The minimum atomic E-state index is -0.495. The first kappa shape index (κ1) is 13.5. The summed E-state index contributed by atoms with van der Waals surface area (Å²) in [5, 5.41) is 2.78. The minimum absolute atomic E-state index is 0.0362. The summed E-state index contributed by atoms with van der Waals surface area (Å²) in [6, 6.07) is 3.84. The predicted molar refractivity (Wildman–Crippen MR) is 67.2 cm³/mol. The molecule has 3 nitrogen and oxygen atoms in total. The van der Waals surface area contributed by atoms with E-state index < -0.39 is 5.82 Å². The van der Waals surface area contributed by atoms with Gasteiger partial charge in [0, 0.05) is 17.8 Å². The molecule has 0 fully saturated rings. The largest absolute Gasteiger partial charge is 0.399 e. The van der Waals surface area contributed by atoms with Crippen molar-refractivity contribution in [3.63, 3.8) is 0 Å². The van der Waals surface area contributed by atoms with E-state index in [1.807, 2.05) is 0 Å². The smallest absolute Gasteiger partial charge is 0.251 e. The average Bonchev–Trinajstić information content (AvgIpc) is 2.24. The van der Waals surface area contributed by atoms with Crippen molar-refractivity contribution in [1.82, 2.24) is 5.32 Å². The molecule has 0 saturated carbocycles. The lowest BCUT2D eigenvalue weighted by atomic mass is 9.90. The lowest BCUT2D eigenvalue weighted by Gasteiger charge is -2.22. The minimum Gasteiger partial charge on any atom is -0.399 e. The number of hydrogen-bond acceptors (Lipinski definition) is 2. The summed E-state index contributed by atoms with van der Waals surface area (Å²) in [6.07, 6.45) is 0.957. The van der Waals surface area contributed by atoms with Crippen LogP contribution in [0.25, 0.3) is 0 Å². The number of halogens is 1. The van der Waals surface area contributed by atoms with Crippen molar-refractivity contribution in [2.45, 2.75) is 27.2 Å². The number of nitrogens with one attached hydrogen (secondary N) is 1. The molecule has 0 radical (unpaired) electrons. The number of anilines is 1. The van der Waals surface area contributed by atoms with Crippen LogP contribution in [0, 0.1) is 11.2 Å². The van der Waals surface area contributed by atoms with Crippen molar-refractivity contribution in [3.05, 3.63) is 29.6 Å². The van der Waals surface area contributed by atoms with Crippen molar-refractivity contribution in [2.75, 3.05) is 12.3 Å². The van der Waals surface area contributed by atoms with Crippen LogP contribution in [0.5, 0.6) is 0 Å². The Hall–Kier alpha value is -1.58. The van der Waals surface area contributed by atoms with Gasteiger partial charge in [0.15, 0.2) is 0 Å². The number of amides is 1. The van der Waals surface area contributed by atoms with Gasteiger partial charge in [0.25, 0.3) is 5.91 Å². The van der Waals surface area contributed by atoms with E-state index >= 15 is 0 Å². The Morgan fingerprint density at radius 1 is 1.41 bits per heavy atom. The van der Waals surface area contributed by atoms with Crippen LogP contribution in [0.1, 0.15) is 37.6 Å². The summed E-state index contributed by atoms with van der Waals surface area (Å²) in [7, 11) is 0. The summed E-state index contributed by atoms with van der Waals surface area (Å²) in [6.45, 7) is 6.74. The predicted octanol–water partition coefficient (Wildman–Crippen LogP) is 2.57. The zero-order chi connectivity index (χ0) is 13.1. The van der Waals surface area contributed by atoms with Crippen LogP contribution < -0.4 is 11.1 Å². The molecule has 0 unspecified atom stereocenters.